The van der Waals surface area contributed by atoms with E-state index in [1.165, 1.54) is 4.31 Å². The minimum atomic E-state index is -3.31. The summed E-state index contributed by atoms with van der Waals surface area (Å²) in [4.78, 5) is 0. The second-order valence-corrected chi connectivity index (χ2v) is 9.68. The van der Waals surface area contributed by atoms with Crippen LogP contribution in [0, 0.1) is 11.8 Å². The minimum Gasteiger partial charge on any atom is -0.215 e. The van der Waals surface area contributed by atoms with Crippen LogP contribution in [-0.4, -0.2) is 58.7 Å². The van der Waals surface area contributed by atoms with E-state index in [0.717, 1.165) is 19.1 Å². The molecule has 1 aliphatic heterocycles. The fourth-order valence-corrected chi connectivity index (χ4v) is 4.89. The molecule has 0 aromatic heterocycles. The monoisotopic (exact) mass is 346 g/mol. The third-order valence-corrected chi connectivity index (χ3v) is 6.59. The summed E-state index contributed by atoms with van der Waals surface area (Å²) in [5.41, 5.74) is 0. The van der Waals surface area contributed by atoms with Gasteiger partial charge in [0.2, 0.25) is 20.0 Å². The summed E-state index contributed by atoms with van der Waals surface area (Å²) < 4.78 is 50.5. The summed E-state index contributed by atoms with van der Waals surface area (Å²) in [5, 5.41) is 0. The Hall–Kier alpha value is 0.110. The van der Waals surface area contributed by atoms with Crippen molar-refractivity contribution < 1.29 is 16.8 Å². The van der Waals surface area contributed by atoms with Crippen LogP contribution in [-0.2, 0) is 20.0 Å². The predicted molar refractivity (Wildman–Crippen MR) is 80.8 cm³/mol. The zero-order valence-electron chi connectivity index (χ0n) is 11.9. The van der Waals surface area contributed by atoms with E-state index in [1.807, 2.05) is 0 Å². The van der Waals surface area contributed by atoms with Crippen LogP contribution >= 0.6 is 11.6 Å². The molecule has 0 aromatic carbocycles. The summed E-state index contributed by atoms with van der Waals surface area (Å²) >= 11 is 5.67. The Morgan fingerprint density at radius 2 is 2.00 bits per heavy atom. The maximum atomic E-state index is 12.2. The van der Waals surface area contributed by atoms with E-state index < -0.39 is 20.0 Å². The van der Waals surface area contributed by atoms with Gasteiger partial charge in [-0.05, 0) is 24.7 Å². The van der Waals surface area contributed by atoms with Crippen LogP contribution in [0.4, 0.5) is 0 Å². The number of piperidine rings is 1. The molecule has 1 fully saturated rings. The summed E-state index contributed by atoms with van der Waals surface area (Å²) in [7, 11) is -6.54. The van der Waals surface area contributed by atoms with E-state index >= 15 is 0 Å². The highest BCUT2D eigenvalue weighted by atomic mass is 35.5. The number of halogens is 1. The van der Waals surface area contributed by atoms with Gasteiger partial charge in [-0.2, -0.15) is 0 Å². The second-order valence-electron chi connectivity index (χ2n) is 5.52. The highest BCUT2D eigenvalue weighted by molar-refractivity contribution is 7.89. The van der Waals surface area contributed by atoms with E-state index in [0.29, 0.717) is 19.0 Å². The Morgan fingerprint density at radius 1 is 1.35 bits per heavy atom. The van der Waals surface area contributed by atoms with Crippen molar-refractivity contribution in [1.29, 1.82) is 0 Å². The lowest BCUT2D eigenvalue weighted by atomic mass is 10.0. The maximum absolute atomic E-state index is 12.2. The lowest BCUT2D eigenvalue weighted by molar-refractivity contribution is 0.266. The molecule has 0 bridgehead atoms. The van der Waals surface area contributed by atoms with Crippen molar-refractivity contribution in [3.8, 4) is 0 Å². The van der Waals surface area contributed by atoms with Crippen LogP contribution in [0.5, 0.6) is 0 Å². The zero-order valence-corrected chi connectivity index (χ0v) is 14.3. The van der Waals surface area contributed by atoms with Crippen molar-refractivity contribution >= 4 is 31.6 Å². The van der Waals surface area contributed by atoms with Crippen molar-refractivity contribution in [3.05, 3.63) is 0 Å². The SMILES string of the molecule is CC(CCl)CS(=O)(=O)N1CCCC(CNS(C)(=O)=O)C1. The minimum absolute atomic E-state index is 0.0274. The van der Waals surface area contributed by atoms with Crippen LogP contribution in [0.2, 0.25) is 0 Å². The summed E-state index contributed by atoms with van der Waals surface area (Å²) in [6, 6.07) is 0. The third-order valence-electron chi connectivity index (χ3n) is 3.27. The predicted octanol–water partition coefficient (Wildman–Crippen LogP) is 0.452. The molecule has 0 radical (unpaired) electrons. The molecule has 0 amide bonds. The number of sulfonamides is 2. The smallest absolute Gasteiger partial charge is 0.214 e. The molecule has 1 N–H and O–H groups in total. The Kier molecular flexibility index (Phi) is 6.72. The second kappa shape index (κ2) is 7.40. The van der Waals surface area contributed by atoms with Gasteiger partial charge in [0.15, 0.2) is 0 Å². The van der Waals surface area contributed by atoms with Crippen molar-refractivity contribution in [2.75, 3.05) is 37.5 Å². The first-order chi connectivity index (χ1) is 9.14. The standard InChI is InChI=1S/C11H23ClN2O4S2/c1-10(6-12)9-20(17,18)14-5-3-4-11(8-14)7-13-19(2,15)16/h10-11,13H,3-9H2,1-2H3. The molecule has 0 aromatic rings. The molecule has 0 spiro atoms. The van der Waals surface area contributed by atoms with Gasteiger partial charge in [-0.1, -0.05) is 6.92 Å². The van der Waals surface area contributed by atoms with Gasteiger partial charge < -0.3 is 0 Å². The van der Waals surface area contributed by atoms with Gasteiger partial charge in [-0.3, -0.25) is 0 Å². The lowest BCUT2D eigenvalue weighted by Gasteiger charge is -2.32. The zero-order chi connectivity index (χ0) is 15.4. The number of nitrogens with zero attached hydrogens (tertiary/aromatic N) is 1. The topological polar surface area (TPSA) is 83.6 Å². The first-order valence-electron chi connectivity index (χ1n) is 6.62. The van der Waals surface area contributed by atoms with Crippen molar-refractivity contribution in [2.24, 2.45) is 11.8 Å². The van der Waals surface area contributed by atoms with Crippen molar-refractivity contribution in [2.45, 2.75) is 19.8 Å². The maximum Gasteiger partial charge on any atom is 0.214 e. The quantitative estimate of drug-likeness (QED) is 0.678. The van der Waals surface area contributed by atoms with Crippen molar-refractivity contribution in [1.82, 2.24) is 9.03 Å². The lowest BCUT2D eigenvalue weighted by Crippen LogP contribution is -2.45. The number of rotatable bonds is 7. The number of alkyl halides is 1. The molecule has 0 aliphatic carbocycles. The van der Waals surface area contributed by atoms with Crippen molar-refractivity contribution in [3.63, 3.8) is 0 Å². The number of hydrogen-bond donors (Lipinski definition) is 1. The molecular weight excluding hydrogens is 324 g/mol. The van der Waals surface area contributed by atoms with Crippen LogP contribution in [0.15, 0.2) is 0 Å². The van der Waals surface area contributed by atoms with Gasteiger partial charge in [0.25, 0.3) is 0 Å². The van der Waals surface area contributed by atoms with Gasteiger partial charge in [0.05, 0.1) is 12.0 Å². The van der Waals surface area contributed by atoms with Gasteiger partial charge in [-0.25, -0.2) is 25.9 Å². The normalized spacial score (nSPS) is 23.6. The molecule has 1 aliphatic rings. The first kappa shape index (κ1) is 18.2. The van der Waals surface area contributed by atoms with Gasteiger partial charge in [0.1, 0.15) is 0 Å². The fourth-order valence-electron chi connectivity index (χ4n) is 2.22. The Morgan fingerprint density at radius 3 is 2.55 bits per heavy atom. The van der Waals surface area contributed by atoms with Crippen LogP contribution < -0.4 is 4.72 Å². The van der Waals surface area contributed by atoms with Gasteiger partial charge >= 0.3 is 0 Å². The molecule has 9 heteroatoms. The molecule has 6 nitrogen and oxygen atoms in total. The average Bonchev–Trinajstić information content (AvgIpc) is 2.35. The molecule has 20 heavy (non-hydrogen) atoms. The molecular formula is C11H23ClN2O4S2. The van der Waals surface area contributed by atoms with Gasteiger partial charge in [-0.15, -0.1) is 11.6 Å². The molecule has 2 atom stereocenters. The fraction of sp³-hybridized carbons (Fsp3) is 1.00. The third kappa shape index (κ3) is 6.26. The highest BCUT2D eigenvalue weighted by Crippen LogP contribution is 2.20. The summed E-state index contributed by atoms with van der Waals surface area (Å²) in [5.74, 6) is 0.297. The Labute approximate surface area is 127 Å². The number of nitrogens with one attached hydrogen (secondary N) is 1. The molecule has 2 unspecified atom stereocenters. The van der Waals surface area contributed by atoms with Crippen LogP contribution in [0.3, 0.4) is 0 Å². The van der Waals surface area contributed by atoms with Crippen LogP contribution in [0.25, 0.3) is 0 Å². The largest absolute Gasteiger partial charge is 0.215 e. The van der Waals surface area contributed by atoms with E-state index in [4.69, 9.17) is 11.6 Å². The van der Waals surface area contributed by atoms with E-state index in [-0.39, 0.29) is 24.1 Å². The summed E-state index contributed by atoms with van der Waals surface area (Å²) in [6.07, 6.45) is 2.69. The first-order valence-corrected chi connectivity index (χ1v) is 10.7. The van der Waals surface area contributed by atoms with Crippen LogP contribution in [0.1, 0.15) is 19.8 Å². The molecule has 0 saturated carbocycles. The molecule has 120 valence electrons. The molecule has 1 saturated heterocycles. The average molecular weight is 347 g/mol. The Bertz CT molecular complexity index is 507. The molecule has 1 heterocycles. The van der Waals surface area contributed by atoms with E-state index in [2.05, 4.69) is 4.72 Å². The van der Waals surface area contributed by atoms with E-state index in [9.17, 15) is 16.8 Å². The highest BCUT2D eigenvalue weighted by Gasteiger charge is 2.30. The molecule has 1 rings (SSSR count). The van der Waals surface area contributed by atoms with Gasteiger partial charge in [0, 0.05) is 25.5 Å². The van der Waals surface area contributed by atoms with E-state index in [1.54, 1.807) is 6.92 Å². The Balaban J connectivity index is 2.60. The summed E-state index contributed by atoms with van der Waals surface area (Å²) in [6.45, 7) is 2.97. The number of hydrogen-bond acceptors (Lipinski definition) is 4.